The molecule has 3 heteroatoms. The highest BCUT2D eigenvalue weighted by Crippen LogP contribution is 2.48. The molecule has 0 saturated heterocycles. The average molecular weight is 758 g/mol. The van der Waals surface area contributed by atoms with Crippen molar-refractivity contribution in [3.63, 3.8) is 0 Å². The van der Waals surface area contributed by atoms with Crippen LogP contribution < -0.4 is 0 Å². The number of aromatic nitrogens is 3. The fourth-order valence-corrected chi connectivity index (χ4v) is 7.29. The molecule has 0 spiro atoms. The van der Waals surface area contributed by atoms with E-state index in [9.17, 15) is 21.9 Å². The van der Waals surface area contributed by atoms with Crippen molar-refractivity contribution < 1.29 is 43.9 Å². The van der Waals surface area contributed by atoms with Gasteiger partial charge in [-0.25, -0.2) is 4.98 Å². The predicted molar refractivity (Wildman–Crippen MR) is 238 cm³/mol. The summed E-state index contributed by atoms with van der Waals surface area (Å²) in [7, 11) is 0. The number of hydrogen-bond acceptors (Lipinski definition) is 1. The number of para-hydroxylation sites is 3. The molecular formula is C54H35N3. The van der Waals surface area contributed by atoms with Gasteiger partial charge in [0, 0.05) is 21.5 Å². The number of fused-ring (bicyclic) bond motifs is 14. The Bertz CT molecular complexity index is 4940. The van der Waals surface area contributed by atoms with E-state index in [1.54, 1.807) is 0 Å². The van der Waals surface area contributed by atoms with Gasteiger partial charge in [-0.3, -0.25) is 9.13 Å². The standard InChI is InChI=1S/C54H35N3/c1-34-15-14-28-51-54(34)46-24-10-13-27-50(46)57(51)53-33-36(32-52(55-53)56-48-25-11-8-22-44(48)45-23-9-12-26-49(45)56)35-29-30-43-41-20-5-4-18-39(41)37-16-2-3-17-38(37)40-19-6-7-21-42(40)47(43)31-35/h2-33H,1H3/i2D,3D,4D,5D,6D,7D,8D,9D,10D,11D,12D,13D,14D,15D,16D,17D,18D,19D,20D,21D,22D,23D,24D,25D,26D,27D,28D,29D,30D,31D,32D,33D. The molecule has 8 aromatic carbocycles. The highest BCUT2D eigenvalue weighted by Gasteiger charge is 2.23. The summed E-state index contributed by atoms with van der Waals surface area (Å²) in [5, 5.41) is -1.87. The Morgan fingerprint density at radius 1 is 0.351 bits per heavy atom. The average Bonchev–Trinajstić information content (AvgIpc) is 1.69. The molecule has 0 aliphatic heterocycles. The first-order valence-electron chi connectivity index (χ1n) is 33.0. The molecule has 0 N–H and O–H groups in total. The first-order valence-corrected chi connectivity index (χ1v) is 17.0. The summed E-state index contributed by atoms with van der Waals surface area (Å²) >= 11 is 0. The van der Waals surface area contributed by atoms with Crippen molar-refractivity contribution in [3.05, 3.63) is 199 Å². The van der Waals surface area contributed by atoms with E-state index in [1.165, 1.54) is 6.92 Å². The van der Waals surface area contributed by atoms with Crippen molar-refractivity contribution in [2.45, 2.75) is 6.92 Å². The van der Waals surface area contributed by atoms with Crippen LogP contribution in [-0.2, 0) is 0 Å². The van der Waals surface area contributed by atoms with Crippen LogP contribution in [-0.4, -0.2) is 14.1 Å². The van der Waals surface area contributed by atoms with Gasteiger partial charge in [0.2, 0.25) is 0 Å². The van der Waals surface area contributed by atoms with Crippen LogP contribution in [0, 0.1) is 6.92 Å². The fraction of sp³-hybridized carbons (Fsp3) is 0.0185. The quantitative estimate of drug-likeness (QED) is 0.176. The molecule has 57 heavy (non-hydrogen) atoms. The molecule has 266 valence electrons. The minimum absolute atomic E-state index is 0.149. The lowest BCUT2D eigenvalue weighted by atomic mass is 9.80. The van der Waals surface area contributed by atoms with Crippen LogP contribution in [0.2, 0.25) is 0 Å². The van der Waals surface area contributed by atoms with Gasteiger partial charge in [0.15, 0.2) is 0 Å². The van der Waals surface area contributed by atoms with Gasteiger partial charge in [0.25, 0.3) is 0 Å². The second-order valence-electron chi connectivity index (χ2n) is 12.7. The normalized spacial score (nSPS) is 19.8. The molecule has 11 aromatic rings. The zero-order valence-electron chi connectivity index (χ0n) is 60.8. The van der Waals surface area contributed by atoms with Gasteiger partial charge >= 0.3 is 0 Å². The minimum atomic E-state index is -1.24. The molecule has 0 amide bonds. The van der Waals surface area contributed by atoms with Crippen LogP contribution in [0.5, 0.6) is 0 Å². The van der Waals surface area contributed by atoms with Crippen LogP contribution in [0.3, 0.4) is 0 Å². The summed E-state index contributed by atoms with van der Waals surface area (Å²) in [4.78, 5) is 4.72. The summed E-state index contributed by atoms with van der Waals surface area (Å²) in [5.74, 6) is -2.01. The summed E-state index contributed by atoms with van der Waals surface area (Å²) in [5.41, 5.74) is -11.5. The molecule has 0 radical (unpaired) electrons. The van der Waals surface area contributed by atoms with Crippen LogP contribution in [0.25, 0.3) is 111 Å². The van der Waals surface area contributed by atoms with E-state index in [1.807, 2.05) is 0 Å². The Hall–Kier alpha value is -7.49. The SMILES string of the molecule is [2H]c1c([2H])c([2H])c2c(c1[2H])-c1c([2H])c([2H])c([2H])c([2H])c1-c1c([2H])c([2H])c(-c3c([2H])c(-n4c5c([2H])c([2H])c([2H])c([2H])c5c5c([2H])c([2H])c([2H])c([2H])c54)nc(-n4c5c([2H])c([2H])c([2H])c([2H])c5c5c(C)c([2H])c([2H])c([2H])c54)c3[2H])c([2H])c1-c1c([2H])c([2H])c([2H])c([2H])c1-2. The maximum absolute atomic E-state index is 10.5. The van der Waals surface area contributed by atoms with E-state index in [4.69, 9.17) is 26.9 Å². The van der Waals surface area contributed by atoms with Gasteiger partial charge in [-0.05, 0) is 110 Å². The molecule has 0 fully saturated rings. The zero-order valence-corrected chi connectivity index (χ0v) is 28.8. The molecule has 12 rings (SSSR count). The lowest BCUT2D eigenvalue weighted by Crippen LogP contribution is -2.04. The molecule has 3 aromatic heterocycles. The molecule has 0 unspecified atom stereocenters. The molecule has 3 nitrogen and oxygen atoms in total. The van der Waals surface area contributed by atoms with Crippen molar-refractivity contribution in [2.75, 3.05) is 0 Å². The van der Waals surface area contributed by atoms with Gasteiger partial charge in [0.1, 0.15) is 11.6 Å². The van der Waals surface area contributed by atoms with Crippen LogP contribution in [0.4, 0.5) is 0 Å². The monoisotopic (exact) mass is 757 g/mol. The third-order valence-electron chi connectivity index (χ3n) is 9.67. The highest BCUT2D eigenvalue weighted by molar-refractivity contribution is 6.12. The molecular weight excluding hydrogens is 691 g/mol. The second kappa shape index (κ2) is 12.3. The van der Waals surface area contributed by atoms with E-state index in [-0.39, 0.29) is 10.9 Å². The van der Waals surface area contributed by atoms with Gasteiger partial charge < -0.3 is 0 Å². The Labute approximate surface area is 375 Å². The molecule has 1 aliphatic rings. The smallest absolute Gasteiger partial charge is 0.140 e. The predicted octanol–water partition coefficient (Wildman–Crippen LogP) is 14.2. The molecule has 3 heterocycles. The molecule has 1 aliphatic carbocycles. The van der Waals surface area contributed by atoms with E-state index in [0.717, 1.165) is 4.57 Å². The molecule has 0 bridgehead atoms. The third kappa shape index (κ3) is 4.69. The summed E-state index contributed by atoms with van der Waals surface area (Å²) in [6, 6.07) is -31.5. The van der Waals surface area contributed by atoms with Crippen LogP contribution in [0.1, 0.15) is 49.4 Å². The Morgan fingerprint density at radius 3 is 1.30 bits per heavy atom. The Balaban J connectivity index is 1.41. The van der Waals surface area contributed by atoms with Crippen molar-refractivity contribution >= 4 is 43.6 Å². The number of rotatable bonds is 3. The summed E-state index contributed by atoms with van der Waals surface area (Å²) in [6.45, 7) is 1.30. The van der Waals surface area contributed by atoms with Crippen molar-refractivity contribution in [2.24, 2.45) is 0 Å². The van der Waals surface area contributed by atoms with E-state index < -0.39 is 299 Å². The molecule has 0 atom stereocenters. The topological polar surface area (TPSA) is 22.8 Å². The first kappa shape index (κ1) is 13.6. The van der Waals surface area contributed by atoms with Crippen molar-refractivity contribution in [1.29, 1.82) is 0 Å². The number of benzene rings is 8. The molecule has 0 saturated carbocycles. The Kier molecular flexibility index (Phi) is 2.93. The second-order valence-corrected chi connectivity index (χ2v) is 12.7. The summed E-state index contributed by atoms with van der Waals surface area (Å²) < 4.78 is 298. The zero-order chi connectivity index (χ0) is 65.5. The van der Waals surface area contributed by atoms with Gasteiger partial charge in [-0.15, -0.1) is 0 Å². The maximum atomic E-state index is 10.5. The number of pyridine rings is 1. The number of hydrogen-bond donors (Lipinski definition) is 0. The minimum Gasteiger partial charge on any atom is -0.294 e. The van der Waals surface area contributed by atoms with Crippen molar-refractivity contribution in [1.82, 2.24) is 14.1 Å². The number of nitrogens with zero attached hydrogens (tertiary/aromatic N) is 3. The third-order valence-corrected chi connectivity index (χ3v) is 9.67. The Morgan fingerprint density at radius 2 is 0.754 bits per heavy atom. The van der Waals surface area contributed by atoms with Gasteiger partial charge in [-0.2, -0.15) is 0 Å². The van der Waals surface area contributed by atoms with E-state index >= 15 is 0 Å². The first-order chi connectivity index (χ1) is 41.5. The van der Waals surface area contributed by atoms with E-state index in [2.05, 4.69) is 0 Å². The number of aryl methyl sites for hydroxylation is 1. The fourth-order valence-electron chi connectivity index (χ4n) is 7.29. The van der Waals surface area contributed by atoms with Crippen LogP contribution in [0.15, 0.2) is 193 Å². The van der Waals surface area contributed by atoms with E-state index in [0.29, 0.717) is 4.57 Å². The lowest BCUT2D eigenvalue weighted by molar-refractivity contribution is 1.01. The van der Waals surface area contributed by atoms with Gasteiger partial charge in [-0.1, -0.05) is 151 Å². The maximum Gasteiger partial charge on any atom is 0.140 e. The van der Waals surface area contributed by atoms with Gasteiger partial charge in [0.05, 0.1) is 65.9 Å². The highest BCUT2D eigenvalue weighted by atomic mass is 15.1. The van der Waals surface area contributed by atoms with Crippen LogP contribution >= 0.6 is 0 Å². The lowest BCUT2D eigenvalue weighted by Gasteiger charge is -2.23. The largest absolute Gasteiger partial charge is 0.294 e. The summed E-state index contributed by atoms with van der Waals surface area (Å²) in [6.07, 6.45) is 0. The van der Waals surface area contributed by atoms with Crippen molar-refractivity contribution in [3.8, 4) is 67.3 Å².